The summed E-state index contributed by atoms with van der Waals surface area (Å²) < 4.78 is 5.30. The zero-order valence-corrected chi connectivity index (χ0v) is 12.3. The number of ether oxygens (including phenoxy) is 1. The normalized spacial score (nSPS) is 18.4. The zero-order valence-electron chi connectivity index (χ0n) is 12.3. The Labute approximate surface area is 123 Å². The number of hydrogen-bond acceptors (Lipinski definition) is 3. The monoisotopic (exact) mass is 292 g/mol. The number of carbonyl (C=O) groups excluding carboxylic acids is 1. The van der Waals surface area contributed by atoms with Crippen LogP contribution < -0.4 is 5.32 Å². The van der Waals surface area contributed by atoms with Crippen molar-refractivity contribution in [2.24, 2.45) is 0 Å². The molecule has 1 unspecified atom stereocenters. The molecular weight excluding hydrogens is 272 g/mol. The SMILES string of the molecule is COC1CCCN(C(=O)Nc2ccc(C(=O)O)cc2C)C1. The number of piperidine rings is 1. The van der Waals surface area contributed by atoms with Gasteiger partial charge in [0.05, 0.1) is 11.7 Å². The average molecular weight is 292 g/mol. The minimum Gasteiger partial charge on any atom is -0.478 e. The number of aromatic carboxylic acids is 1. The summed E-state index contributed by atoms with van der Waals surface area (Å²) in [7, 11) is 1.65. The van der Waals surface area contributed by atoms with Crippen molar-refractivity contribution in [2.45, 2.75) is 25.9 Å². The molecule has 2 amide bonds. The van der Waals surface area contributed by atoms with Crippen LogP contribution in [-0.2, 0) is 4.74 Å². The van der Waals surface area contributed by atoms with Crippen LogP contribution in [0.15, 0.2) is 18.2 Å². The number of rotatable bonds is 3. The second kappa shape index (κ2) is 6.58. The number of hydrogen-bond donors (Lipinski definition) is 2. The molecule has 1 aliphatic heterocycles. The molecule has 1 atom stereocenters. The van der Waals surface area contributed by atoms with E-state index in [1.807, 2.05) is 0 Å². The Balaban J connectivity index is 2.04. The Morgan fingerprint density at radius 2 is 2.19 bits per heavy atom. The van der Waals surface area contributed by atoms with Crippen LogP contribution in [0.3, 0.4) is 0 Å². The minimum atomic E-state index is -0.977. The second-order valence-electron chi connectivity index (χ2n) is 5.21. The van der Waals surface area contributed by atoms with E-state index < -0.39 is 5.97 Å². The summed E-state index contributed by atoms with van der Waals surface area (Å²) in [5.41, 5.74) is 1.57. The topological polar surface area (TPSA) is 78.9 Å². The van der Waals surface area contributed by atoms with E-state index in [0.717, 1.165) is 18.4 Å². The average Bonchev–Trinajstić information content (AvgIpc) is 2.49. The molecule has 1 aromatic rings. The molecule has 6 nitrogen and oxygen atoms in total. The molecule has 0 radical (unpaired) electrons. The number of anilines is 1. The molecule has 2 rings (SSSR count). The van der Waals surface area contributed by atoms with Crippen molar-refractivity contribution < 1.29 is 19.4 Å². The van der Waals surface area contributed by atoms with E-state index in [9.17, 15) is 9.59 Å². The lowest BCUT2D eigenvalue weighted by Crippen LogP contribution is -2.44. The zero-order chi connectivity index (χ0) is 15.4. The van der Waals surface area contributed by atoms with Crippen molar-refractivity contribution in [3.8, 4) is 0 Å². The predicted molar refractivity (Wildman–Crippen MR) is 78.8 cm³/mol. The molecule has 0 spiro atoms. The molecule has 0 saturated carbocycles. The fourth-order valence-corrected chi connectivity index (χ4v) is 2.45. The Morgan fingerprint density at radius 3 is 2.81 bits per heavy atom. The van der Waals surface area contributed by atoms with Gasteiger partial charge in [0.25, 0.3) is 0 Å². The maximum absolute atomic E-state index is 12.2. The number of carboxylic acid groups (broad SMARTS) is 1. The predicted octanol–water partition coefficient (Wildman–Crippen LogP) is 2.34. The van der Waals surface area contributed by atoms with E-state index in [1.165, 1.54) is 6.07 Å². The molecule has 1 saturated heterocycles. The minimum absolute atomic E-state index is 0.0833. The molecule has 1 heterocycles. The summed E-state index contributed by atoms with van der Waals surface area (Å²) in [4.78, 5) is 24.9. The number of nitrogens with one attached hydrogen (secondary N) is 1. The van der Waals surface area contributed by atoms with Gasteiger partial charge in [-0.1, -0.05) is 0 Å². The van der Waals surface area contributed by atoms with Crippen LogP contribution in [0.1, 0.15) is 28.8 Å². The summed E-state index contributed by atoms with van der Waals surface area (Å²) in [6.07, 6.45) is 1.97. The number of carbonyl (C=O) groups is 2. The van der Waals surface area contributed by atoms with E-state index in [0.29, 0.717) is 18.8 Å². The van der Waals surface area contributed by atoms with Crippen molar-refractivity contribution >= 4 is 17.7 Å². The Morgan fingerprint density at radius 1 is 1.43 bits per heavy atom. The van der Waals surface area contributed by atoms with Crippen LogP contribution in [0.2, 0.25) is 0 Å². The lowest BCUT2D eigenvalue weighted by atomic mass is 10.1. The van der Waals surface area contributed by atoms with Gasteiger partial charge in [0.2, 0.25) is 0 Å². The highest BCUT2D eigenvalue weighted by Gasteiger charge is 2.23. The van der Waals surface area contributed by atoms with Crippen molar-refractivity contribution in [3.63, 3.8) is 0 Å². The number of likely N-dealkylation sites (tertiary alicyclic amines) is 1. The van der Waals surface area contributed by atoms with Crippen molar-refractivity contribution in [3.05, 3.63) is 29.3 Å². The highest BCUT2D eigenvalue weighted by atomic mass is 16.5. The second-order valence-corrected chi connectivity index (χ2v) is 5.21. The van der Waals surface area contributed by atoms with Crippen molar-refractivity contribution in [2.75, 3.05) is 25.5 Å². The van der Waals surface area contributed by atoms with Crippen molar-refractivity contribution in [1.29, 1.82) is 0 Å². The lowest BCUT2D eigenvalue weighted by molar-refractivity contribution is 0.0458. The molecule has 1 fully saturated rings. The molecule has 6 heteroatoms. The fraction of sp³-hybridized carbons (Fsp3) is 0.467. The number of benzene rings is 1. The third-order valence-electron chi connectivity index (χ3n) is 3.71. The van der Waals surface area contributed by atoms with Gasteiger partial charge in [-0.25, -0.2) is 9.59 Å². The van der Waals surface area contributed by atoms with Gasteiger partial charge in [0.1, 0.15) is 0 Å². The molecule has 114 valence electrons. The fourth-order valence-electron chi connectivity index (χ4n) is 2.45. The summed E-state index contributed by atoms with van der Waals surface area (Å²) >= 11 is 0. The van der Waals surface area contributed by atoms with Crippen LogP contribution >= 0.6 is 0 Å². The molecule has 0 aliphatic carbocycles. The number of nitrogens with zero attached hydrogens (tertiary/aromatic N) is 1. The van der Waals surface area contributed by atoms with E-state index in [4.69, 9.17) is 9.84 Å². The van der Waals surface area contributed by atoms with Gasteiger partial charge in [-0.3, -0.25) is 0 Å². The molecule has 21 heavy (non-hydrogen) atoms. The van der Waals surface area contributed by atoms with Gasteiger partial charge in [-0.05, 0) is 43.5 Å². The standard InChI is InChI=1S/C15H20N2O4/c1-10-8-11(14(18)19)5-6-13(10)16-15(20)17-7-3-4-12(9-17)21-2/h5-6,8,12H,3-4,7,9H2,1-2H3,(H,16,20)(H,18,19). The number of methoxy groups -OCH3 is 1. The van der Waals surface area contributed by atoms with Gasteiger partial charge < -0.3 is 20.1 Å². The maximum Gasteiger partial charge on any atom is 0.335 e. The summed E-state index contributed by atoms with van der Waals surface area (Å²) in [6, 6.07) is 4.47. The molecule has 0 aromatic heterocycles. The molecular formula is C15H20N2O4. The van der Waals surface area contributed by atoms with Crippen LogP contribution in [0, 0.1) is 6.92 Å². The summed E-state index contributed by atoms with van der Waals surface area (Å²) in [6.45, 7) is 3.06. The first-order chi connectivity index (χ1) is 10.0. The highest BCUT2D eigenvalue weighted by Crippen LogP contribution is 2.19. The van der Waals surface area contributed by atoms with E-state index in [-0.39, 0.29) is 17.7 Å². The van der Waals surface area contributed by atoms with Gasteiger partial charge in [0.15, 0.2) is 0 Å². The maximum atomic E-state index is 12.2. The molecule has 2 N–H and O–H groups in total. The van der Waals surface area contributed by atoms with Gasteiger partial charge in [-0.15, -0.1) is 0 Å². The Hall–Kier alpha value is -2.08. The van der Waals surface area contributed by atoms with Crippen molar-refractivity contribution in [1.82, 2.24) is 4.90 Å². The van der Waals surface area contributed by atoms with Gasteiger partial charge in [0, 0.05) is 25.9 Å². The number of urea groups is 1. The Kier molecular flexibility index (Phi) is 4.80. The lowest BCUT2D eigenvalue weighted by Gasteiger charge is -2.32. The molecule has 0 bridgehead atoms. The number of amides is 2. The van der Waals surface area contributed by atoms with E-state index in [2.05, 4.69) is 5.32 Å². The van der Waals surface area contributed by atoms with Crippen LogP contribution in [0.5, 0.6) is 0 Å². The summed E-state index contributed by atoms with van der Waals surface area (Å²) in [5.74, 6) is -0.977. The van der Waals surface area contributed by atoms with Crippen LogP contribution in [0.25, 0.3) is 0 Å². The molecule has 1 aliphatic rings. The van der Waals surface area contributed by atoms with Gasteiger partial charge in [-0.2, -0.15) is 0 Å². The first-order valence-corrected chi connectivity index (χ1v) is 6.94. The van der Waals surface area contributed by atoms with Crippen LogP contribution in [0.4, 0.5) is 10.5 Å². The summed E-state index contributed by atoms with van der Waals surface area (Å²) in [5, 5.41) is 11.8. The first-order valence-electron chi connectivity index (χ1n) is 6.94. The first kappa shape index (κ1) is 15.3. The smallest absolute Gasteiger partial charge is 0.335 e. The quantitative estimate of drug-likeness (QED) is 0.896. The number of aryl methyl sites for hydroxylation is 1. The van der Waals surface area contributed by atoms with Crippen LogP contribution in [-0.4, -0.2) is 48.3 Å². The largest absolute Gasteiger partial charge is 0.478 e. The van der Waals surface area contributed by atoms with E-state index in [1.54, 1.807) is 31.1 Å². The number of carboxylic acids is 1. The third-order valence-corrected chi connectivity index (χ3v) is 3.71. The molecule has 1 aromatic carbocycles. The third kappa shape index (κ3) is 3.72. The highest BCUT2D eigenvalue weighted by molar-refractivity contribution is 5.92. The van der Waals surface area contributed by atoms with Gasteiger partial charge >= 0.3 is 12.0 Å². The van der Waals surface area contributed by atoms with E-state index >= 15 is 0 Å². The Bertz CT molecular complexity index is 544.